The van der Waals surface area contributed by atoms with Gasteiger partial charge >= 0.3 is 0 Å². The third-order valence-electron chi connectivity index (χ3n) is 4.12. The molecule has 0 bridgehead atoms. The molecule has 0 amide bonds. The highest BCUT2D eigenvalue weighted by atomic mass is 32.1. The quantitative estimate of drug-likeness (QED) is 0.873. The smallest absolute Gasteiger partial charge is 0.107 e. The van der Waals surface area contributed by atoms with E-state index in [-0.39, 0.29) is 0 Å². The lowest BCUT2D eigenvalue weighted by atomic mass is 9.96. The molecule has 114 valence electrons. The molecular formula is C16H29N3S. The van der Waals surface area contributed by atoms with Crippen LogP contribution >= 0.6 is 11.3 Å². The summed E-state index contributed by atoms with van der Waals surface area (Å²) in [7, 11) is 0. The lowest BCUT2D eigenvalue weighted by molar-refractivity contribution is 0.174. The van der Waals surface area contributed by atoms with Gasteiger partial charge in [0.25, 0.3) is 0 Å². The Hall–Kier alpha value is -0.450. The minimum Gasteiger partial charge on any atom is -0.316 e. The maximum atomic E-state index is 4.66. The Balaban J connectivity index is 1.69. The minimum absolute atomic E-state index is 0.756. The van der Waals surface area contributed by atoms with Crippen molar-refractivity contribution in [2.24, 2.45) is 11.8 Å². The van der Waals surface area contributed by atoms with Crippen LogP contribution in [0.2, 0.25) is 0 Å². The summed E-state index contributed by atoms with van der Waals surface area (Å²) in [5.41, 5.74) is 1.21. The average molecular weight is 295 g/mol. The molecule has 0 aromatic carbocycles. The summed E-state index contributed by atoms with van der Waals surface area (Å²) in [5.74, 6) is 1.62. The fourth-order valence-electron chi connectivity index (χ4n) is 2.72. The fraction of sp³-hybridized carbons (Fsp3) is 0.812. The molecule has 0 saturated carbocycles. The first kappa shape index (κ1) is 15.9. The molecule has 1 fully saturated rings. The molecule has 2 heterocycles. The van der Waals surface area contributed by atoms with Crippen LogP contribution in [0.25, 0.3) is 0 Å². The molecule has 1 aromatic rings. The molecular weight excluding hydrogens is 266 g/mol. The Bertz CT molecular complexity index is 386. The molecule has 1 aliphatic rings. The zero-order valence-corrected chi connectivity index (χ0v) is 14.2. The first-order chi connectivity index (χ1) is 9.54. The lowest BCUT2D eigenvalue weighted by Gasteiger charge is -2.31. The number of nitrogens with zero attached hydrogens (tertiary/aromatic N) is 2. The van der Waals surface area contributed by atoms with Crippen molar-refractivity contribution in [1.29, 1.82) is 0 Å². The Morgan fingerprint density at radius 2 is 2.00 bits per heavy atom. The highest BCUT2D eigenvalue weighted by Gasteiger charge is 2.20. The number of thiazole rings is 1. The number of hydrogen-bond donors (Lipinski definition) is 1. The van der Waals surface area contributed by atoms with Crippen LogP contribution in [0.4, 0.5) is 0 Å². The van der Waals surface area contributed by atoms with Gasteiger partial charge < -0.3 is 5.32 Å². The van der Waals surface area contributed by atoms with Gasteiger partial charge in [-0.15, -0.1) is 11.3 Å². The van der Waals surface area contributed by atoms with E-state index in [1.807, 2.05) is 11.3 Å². The Morgan fingerprint density at radius 3 is 2.55 bits per heavy atom. The maximum Gasteiger partial charge on any atom is 0.107 e. The van der Waals surface area contributed by atoms with Crippen molar-refractivity contribution >= 4 is 11.3 Å². The van der Waals surface area contributed by atoms with E-state index in [4.69, 9.17) is 0 Å². The van der Waals surface area contributed by atoms with Gasteiger partial charge in [-0.05, 0) is 64.7 Å². The Labute approximate surface area is 127 Å². The SMILES string of the molecule is Cc1nc(CN2CCC(CNCC(C)C)CC2)sc1C. The molecule has 1 aliphatic heterocycles. The molecule has 0 spiro atoms. The third kappa shape index (κ3) is 4.83. The third-order valence-corrected chi connectivity index (χ3v) is 5.18. The van der Waals surface area contributed by atoms with E-state index in [2.05, 4.69) is 42.9 Å². The standard InChI is InChI=1S/C16H29N3S/c1-12(2)9-17-10-15-5-7-19(8-6-15)11-16-18-13(3)14(4)20-16/h12,15,17H,5-11H2,1-4H3. The summed E-state index contributed by atoms with van der Waals surface area (Å²) in [6, 6.07) is 0. The molecule has 0 atom stereocenters. The molecule has 0 unspecified atom stereocenters. The van der Waals surface area contributed by atoms with Crippen molar-refractivity contribution in [3.8, 4) is 0 Å². The number of nitrogens with one attached hydrogen (secondary N) is 1. The molecule has 3 nitrogen and oxygen atoms in total. The van der Waals surface area contributed by atoms with Crippen molar-refractivity contribution in [3.05, 3.63) is 15.6 Å². The topological polar surface area (TPSA) is 28.2 Å². The Morgan fingerprint density at radius 1 is 1.30 bits per heavy atom. The Kier molecular flexibility index (Phi) is 6.00. The number of aromatic nitrogens is 1. The van der Waals surface area contributed by atoms with Gasteiger partial charge in [0.2, 0.25) is 0 Å². The zero-order chi connectivity index (χ0) is 14.5. The first-order valence-electron chi connectivity index (χ1n) is 7.90. The van der Waals surface area contributed by atoms with Gasteiger partial charge in [-0.3, -0.25) is 4.90 Å². The van der Waals surface area contributed by atoms with Gasteiger partial charge in [0.05, 0.1) is 12.2 Å². The van der Waals surface area contributed by atoms with Crippen LogP contribution < -0.4 is 5.32 Å². The number of likely N-dealkylation sites (tertiary alicyclic amines) is 1. The number of rotatable bonds is 6. The second kappa shape index (κ2) is 7.53. The number of piperidine rings is 1. The average Bonchev–Trinajstić information content (AvgIpc) is 2.70. The van der Waals surface area contributed by atoms with Crippen LogP contribution in [0.3, 0.4) is 0 Å². The summed E-state index contributed by atoms with van der Waals surface area (Å²) in [6.07, 6.45) is 2.66. The number of hydrogen-bond acceptors (Lipinski definition) is 4. The van der Waals surface area contributed by atoms with E-state index < -0.39 is 0 Å². The van der Waals surface area contributed by atoms with Crippen LogP contribution in [-0.4, -0.2) is 36.1 Å². The van der Waals surface area contributed by atoms with Crippen LogP contribution in [0.5, 0.6) is 0 Å². The van der Waals surface area contributed by atoms with Gasteiger partial charge in [0.1, 0.15) is 5.01 Å². The predicted molar refractivity (Wildman–Crippen MR) is 87.3 cm³/mol. The van der Waals surface area contributed by atoms with Gasteiger partial charge in [-0.2, -0.15) is 0 Å². The summed E-state index contributed by atoms with van der Waals surface area (Å²) in [4.78, 5) is 8.59. The predicted octanol–water partition coefficient (Wildman–Crippen LogP) is 3.22. The maximum absolute atomic E-state index is 4.66. The first-order valence-corrected chi connectivity index (χ1v) is 8.72. The summed E-state index contributed by atoms with van der Waals surface area (Å²) < 4.78 is 0. The van der Waals surface area contributed by atoms with Gasteiger partial charge in [0.15, 0.2) is 0 Å². The van der Waals surface area contributed by atoms with Crippen molar-refractivity contribution in [1.82, 2.24) is 15.2 Å². The zero-order valence-electron chi connectivity index (χ0n) is 13.4. The minimum atomic E-state index is 0.756. The van der Waals surface area contributed by atoms with Gasteiger partial charge in [-0.25, -0.2) is 4.98 Å². The summed E-state index contributed by atoms with van der Waals surface area (Å²) in [6.45, 7) is 14.7. The van der Waals surface area contributed by atoms with E-state index in [1.54, 1.807) is 0 Å². The molecule has 2 rings (SSSR count). The van der Waals surface area contributed by atoms with Crippen LogP contribution in [0, 0.1) is 25.7 Å². The lowest BCUT2D eigenvalue weighted by Crippen LogP contribution is -2.37. The summed E-state index contributed by atoms with van der Waals surface area (Å²) >= 11 is 1.86. The molecule has 1 saturated heterocycles. The molecule has 4 heteroatoms. The van der Waals surface area contributed by atoms with Crippen molar-refractivity contribution in [3.63, 3.8) is 0 Å². The largest absolute Gasteiger partial charge is 0.316 e. The van der Waals surface area contributed by atoms with Gasteiger partial charge in [0, 0.05) is 4.88 Å². The highest BCUT2D eigenvalue weighted by molar-refractivity contribution is 7.11. The summed E-state index contributed by atoms with van der Waals surface area (Å²) in [5, 5.41) is 4.89. The second-order valence-electron chi connectivity index (χ2n) is 6.52. The normalized spacial score (nSPS) is 18.1. The van der Waals surface area contributed by atoms with E-state index >= 15 is 0 Å². The van der Waals surface area contributed by atoms with E-state index in [9.17, 15) is 0 Å². The molecule has 1 N–H and O–H groups in total. The van der Waals surface area contributed by atoms with Crippen LogP contribution in [-0.2, 0) is 6.54 Å². The van der Waals surface area contributed by atoms with Crippen LogP contribution in [0.15, 0.2) is 0 Å². The van der Waals surface area contributed by atoms with E-state index in [1.165, 1.54) is 48.1 Å². The second-order valence-corrected chi connectivity index (χ2v) is 7.81. The molecule has 1 aromatic heterocycles. The number of aryl methyl sites for hydroxylation is 2. The van der Waals surface area contributed by atoms with Crippen molar-refractivity contribution < 1.29 is 0 Å². The molecule has 0 radical (unpaired) electrons. The molecule has 0 aliphatic carbocycles. The van der Waals surface area contributed by atoms with Gasteiger partial charge in [-0.1, -0.05) is 13.8 Å². The van der Waals surface area contributed by atoms with E-state index in [0.29, 0.717) is 0 Å². The van der Waals surface area contributed by atoms with Crippen molar-refractivity contribution in [2.45, 2.75) is 47.1 Å². The van der Waals surface area contributed by atoms with E-state index in [0.717, 1.165) is 24.9 Å². The highest BCUT2D eigenvalue weighted by Crippen LogP contribution is 2.22. The fourth-order valence-corrected chi connectivity index (χ4v) is 3.70. The monoisotopic (exact) mass is 295 g/mol. The van der Waals surface area contributed by atoms with Crippen LogP contribution in [0.1, 0.15) is 42.3 Å². The van der Waals surface area contributed by atoms with Crippen molar-refractivity contribution in [2.75, 3.05) is 26.2 Å². The molecule has 20 heavy (non-hydrogen) atoms.